The second kappa shape index (κ2) is 6.72. The molecule has 0 fully saturated rings. The first kappa shape index (κ1) is 13.3. The Hall–Kier alpha value is -2.11. The number of benzene rings is 1. The Morgan fingerprint density at radius 3 is 2.74 bits per heavy atom. The number of ether oxygens (including phenoxy) is 1. The zero-order chi connectivity index (χ0) is 13.5. The van der Waals surface area contributed by atoms with Crippen molar-refractivity contribution in [2.45, 2.75) is 0 Å². The molecule has 5 heteroatoms. The highest BCUT2D eigenvalue weighted by Crippen LogP contribution is 2.24. The van der Waals surface area contributed by atoms with Crippen molar-refractivity contribution in [3.8, 4) is 11.1 Å². The Morgan fingerprint density at radius 1 is 1.21 bits per heavy atom. The summed E-state index contributed by atoms with van der Waals surface area (Å²) < 4.78 is 10.0. The number of hydrogen-bond acceptors (Lipinski definition) is 4. The lowest BCUT2D eigenvalue weighted by molar-refractivity contribution is 0.00738. The molecular weight excluding hydrogens is 246 g/mol. The molecule has 19 heavy (non-hydrogen) atoms. The molecule has 2 rings (SSSR count). The maximum atomic E-state index is 11.9. The van der Waals surface area contributed by atoms with Crippen molar-refractivity contribution in [3.63, 3.8) is 0 Å². The minimum Gasteiger partial charge on any atom is -0.458 e. The molecular formula is C14H15NO4. The van der Waals surface area contributed by atoms with E-state index in [1.54, 1.807) is 13.2 Å². The number of nitrogens with one attached hydrogen (secondary N) is 1. The highest BCUT2D eigenvalue weighted by Gasteiger charge is 2.16. The van der Waals surface area contributed by atoms with Crippen LogP contribution in [-0.4, -0.2) is 26.2 Å². The van der Waals surface area contributed by atoms with Crippen molar-refractivity contribution in [1.82, 2.24) is 5.48 Å². The molecule has 0 aliphatic heterocycles. The highest BCUT2D eigenvalue weighted by atomic mass is 16.7. The molecule has 0 bridgehead atoms. The molecule has 100 valence electrons. The highest BCUT2D eigenvalue weighted by molar-refractivity contribution is 5.97. The number of carbonyl (C=O) groups is 1. The van der Waals surface area contributed by atoms with Crippen LogP contribution in [0.3, 0.4) is 0 Å². The first-order valence-electron chi connectivity index (χ1n) is 5.87. The topological polar surface area (TPSA) is 60.7 Å². The monoisotopic (exact) mass is 261 g/mol. The summed E-state index contributed by atoms with van der Waals surface area (Å²) in [6.07, 6.45) is 1.48. The van der Waals surface area contributed by atoms with Crippen LogP contribution in [0.1, 0.15) is 10.6 Å². The van der Waals surface area contributed by atoms with Gasteiger partial charge in [0.15, 0.2) is 0 Å². The number of methoxy groups -OCH3 is 1. The van der Waals surface area contributed by atoms with Gasteiger partial charge in [0.2, 0.25) is 5.76 Å². The summed E-state index contributed by atoms with van der Waals surface area (Å²) in [6.45, 7) is 0.688. The maximum absolute atomic E-state index is 11.9. The molecule has 1 aromatic heterocycles. The predicted octanol–water partition coefficient (Wildman–Crippen LogP) is 2.25. The van der Waals surface area contributed by atoms with Crippen LogP contribution in [0, 0.1) is 0 Å². The van der Waals surface area contributed by atoms with Gasteiger partial charge in [0.25, 0.3) is 0 Å². The van der Waals surface area contributed by atoms with Crippen molar-refractivity contribution in [2.24, 2.45) is 0 Å². The zero-order valence-corrected chi connectivity index (χ0v) is 10.6. The summed E-state index contributed by atoms with van der Waals surface area (Å²) in [4.78, 5) is 16.9. The van der Waals surface area contributed by atoms with E-state index in [4.69, 9.17) is 14.0 Å². The van der Waals surface area contributed by atoms with E-state index in [1.807, 2.05) is 30.3 Å². The molecule has 1 aromatic carbocycles. The van der Waals surface area contributed by atoms with E-state index in [2.05, 4.69) is 5.48 Å². The van der Waals surface area contributed by atoms with Crippen LogP contribution >= 0.6 is 0 Å². The fourth-order valence-corrected chi connectivity index (χ4v) is 1.62. The van der Waals surface area contributed by atoms with Gasteiger partial charge in [0.1, 0.15) is 0 Å². The van der Waals surface area contributed by atoms with Gasteiger partial charge >= 0.3 is 5.91 Å². The van der Waals surface area contributed by atoms with E-state index in [9.17, 15) is 4.79 Å². The van der Waals surface area contributed by atoms with Gasteiger partial charge in [-0.05, 0) is 11.6 Å². The van der Waals surface area contributed by atoms with Crippen molar-refractivity contribution in [1.29, 1.82) is 0 Å². The van der Waals surface area contributed by atoms with Gasteiger partial charge in [0.05, 0.1) is 19.5 Å². The minimum absolute atomic E-state index is 0.226. The summed E-state index contributed by atoms with van der Waals surface area (Å²) in [5.74, 6) is -0.191. The minimum atomic E-state index is -0.417. The quantitative estimate of drug-likeness (QED) is 0.640. The van der Waals surface area contributed by atoms with Gasteiger partial charge in [0, 0.05) is 12.7 Å². The third-order valence-electron chi connectivity index (χ3n) is 2.51. The van der Waals surface area contributed by atoms with Gasteiger partial charge in [-0.2, -0.15) is 0 Å². The van der Waals surface area contributed by atoms with Crippen LogP contribution in [0.15, 0.2) is 47.1 Å². The molecule has 2 aromatic rings. The molecule has 0 radical (unpaired) electrons. The van der Waals surface area contributed by atoms with Crippen LogP contribution in [0.5, 0.6) is 0 Å². The fourth-order valence-electron chi connectivity index (χ4n) is 1.62. The summed E-state index contributed by atoms with van der Waals surface area (Å²) in [5, 5.41) is 0. The lowest BCUT2D eigenvalue weighted by atomic mass is 10.1. The lowest BCUT2D eigenvalue weighted by Crippen LogP contribution is -2.25. The van der Waals surface area contributed by atoms with Gasteiger partial charge in [-0.15, -0.1) is 0 Å². The average Bonchev–Trinajstić information content (AvgIpc) is 2.94. The Labute approximate surface area is 111 Å². The van der Waals surface area contributed by atoms with E-state index in [-0.39, 0.29) is 12.4 Å². The molecule has 5 nitrogen and oxygen atoms in total. The third-order valence-corrected chi connectivity index (χ3v) is 2.51. The van der Waals surface area contributed by atoms with Crippen LogP contribution in [0.4, 0.5) is 0 Å². The normalized spacial score (nSPS) is 10.4. The van der Waals surface area contributed by atoms with Crippen molar-refractivity contribution < 1.29 is 18.8 Å². The molecule has 1 amide bonds. The van der Waals surface area contributed by atoms with Crippen LogP contribution in [0.25, 0.3) is 11.1 Å². The Balaban J connectivity index is 2.05. The molecule has 0 atom stereocenters. The van der Waals surface area contributed by atoms with Crippen molar-refractivity contribution in [2.75, 3.05) is 20.3 Å². The SMILES string of the molecule is COCCONC(=O)c1occc1-c1ccccc1. The second-order valence-electron chi connectivity index (χ2n) is 3.80. The Kier molecular flexibility index (Phi) is 4.72. The van der Waals surface area contributed by atoms with Crippen LogP contribution in [-0.2, 0) is 9.57 Å². The van der Waals surface area contributed by atoms with Crippen molar-refractivity contribution in [3.05, 3.63) is 48.4 Å². The summed E-state index contributed by atoms with van der Waals surface area (Å²) in [5.41, 5.74) is 3.96. The smallest absolute Gasteiger partial charge is 0.311 e. The van der Waals surface area contributed by atoms with Gasteiger partial charge in [-0.1, -0.05) is 30.3 Å². The van der Waals surface area contributed by atoms with E-state index in [0.717, 1.165) is 11.1 Å². The molecule has 0 saturated carbocycles. The van der Waals surface area contributed by atoms with E-state index in [0.29, 0.717) is 6.61 Å². The first-order chi connectivity index (χ1) is 9.33. The van der Waals surface area contributed by atoms with Gasteiger partial charge in [-0.25, -0.2) is 5.48 Å². The number of hydroxylamine groups is 1. The zero-order valence-electron chi connectivity index (χ0n) is 10.6. The summed E-state index contributed by atoms with van der Waals surface area (Å²) in [6, 6.07) is 11.3. The molecule has 0 aliphatic carbocycles. The molecule has 0 spiro atoms. The summed E-state index contributed by atoms with van der Waals surface area (Å²) in [7, 11) is 1.56. The van der Waals surface area contributed by atoms with E-state index >= 15 is 0 Å². The fraction of sp³-hybridized carbons (Fsp3) is 0.214. The number of hydrogen-bond donors (Lipinski definition) is 1. The average molecular weight is 261 g/mol. The van der Waals surface area contributed by atoms with Crippen LogP contribution in [0.2, 0.25) is 0 Å². The Bertz CT molecular complexity index is 521. The van der Waals surface area contributed by atoms with Crippen LogP contribution < -0.4 is 5.48 Å². The number of amides is 1. The molecule has 0 saturated heterocycles. The van der Waals surface area contributed by atoms with Gasteiger partial charge < -0.3 is 9.15 Å². The maximum Gasteiger partial charge on any atom is 0.311 e. The standard InChI is InChI=1S/C14H15NO4/c1-17-9-10-19-15-14(16)13-12(7-8-18-13)11-5-3-2-4-6-11/h2-8H,9-10H2,1H3,(H,15,16). The number of carbonyl (C=O) groups excluding carboxylic acids is 1. The van der Waals surface area contributed by atoms with E-state index < -0.39 is 5.91 Å². The molecule has 1 N–H and O–H groups in total. The van der Waals surface area contributed by atoms with E-state index in [1.165, 1.54) is 6.26 Å². The van der Waals surface area contributed by atoms with Crippen molar-refractivity contribution >= 4 is 5.91 Å². The molecule has 0 aliphatic rings. The number of furan rings is 1. The largest absolute Gasteiger partial charge is 0.458 e. The number of rotatable bonds is 6. The van der Waals surface area contributed by atoms with Gasteiger partial charge in [-0.3, -0.25) is 9.63 Å². The second-order valence-corrected chi connectivity index (χ2v) is 3.80. The lowest BCUT2D eigenvalue weighted by Gasteiger charge is -2.05. The molecule has 0 unspecified atom stereocenters. The first-order valence-corrected chi connectivity index (χ1v) is 5.87. The predicted molar refractivity (Wildman–Crippen MR) is 69.4 cm³/mol. The third kappa shape index (κ3) is 3.43. The Morgan fingerprint density at radius 2 is 2.00 bits per heavy atom. The summed E-state index contributed by atoms with van der Waals surface area (Å²) >= 11 is 0. The molecule has 1 heterocycles.